The molecule has 3 aliphatic rings. The van der Waals surface area contributed by atoms with Crippen LogP contribution < -0.4 is 22.1 Å². The van der Waals surface area contributed by atoms with E-state index in [1.54, 1.807) is 33.0 Å². The number of rotatable bonds is 3. The molecule has 37 heavy (non-hydrogen) atoms. The quantitative estimate of drug-likeness (QED) is 0.456. The van der Waals surface area contributed by atoms with Gasteiger partial charge in [0.25, 0.3) is 5.56 Å². The van der Waals surface area contributed by atoms with E-state index in [4.69, 9.17) is 0 Å². The first-order chi connectivity index (χ1) is 17.5. The zero-order valence-electron chi connectivity index (χ0n) is 20.6. The van der Waals surface area contributed by atoms with Gasteiger partial charge in [0.15, 0.2) is 5.49 Å². The predicted octanol–water partition coefficient (Wildman–Crippen LogP) is 2.86. The highest BCUT2D eigenvalue weighted by Gasteiger charge is 2.31. The summed E-state index contributed by atoms with van der Waals surface area (Å²) in [4.78, 5) is 39.1. The van der Waals surface area contributed by atoms with Crippen molar-refractivity contribution in [3.8, 4) is 22.5 Å². The van der Waals surface area contributed by atoms with Crippen LogP contribution in [0.2, 0.25) is 0 Å². The molecule has 4 heterocycles. The van der Waals surface area contributed by atoms with Gasteiger partial charge < -0.3 is 14.5 Å². The van der Waals surface area contributed by atoms with Crippen molar-refractivity contribution < 1.29 is 13.2 Å². The number of hydrogen-bond acceptors (Lipinski definition) is 6. The third kappa shape index (κ3) is 4.21. The lowest BCUT2D eigenvalue weighted by atomic mass is 10.0. The summed E-state index contributed by atoms with van der Waals surface area (Å²) in [7, 11) is 2.98. The molecule has 2 aromatic rings. The second kappa shape index (κ2) is 8.71. The van der Waals surface area contributed by atoms with Crippen molar-refractivity contribution in [3.63, 3.8) is 0 Å². The Kier molecular flexibility index (Phi) is 5.76. The first-order valence-electron chi connectivity index (χ1n) is 11.6. The average Bonchev–Trinajstić information content (AvgIpc) is 3.35. The molecule has 0 spiro atoms. The first kappa shape index (κ1) is 24.5. The van der Waals surface area contributed by atoms with Crippen LogP contribution in [0.5, 0.6) is 0 Å². The van der Waals surface area contributed by atoms with E-state index in [0.29, 0.717) is 58.3 Å². The predicted molar refractivity (Wildman–Crippen MR) is 131 cm³/mol. The topological polar surface area (TPSA) is 99.1 Å². The van der Waals surface area contributed by atoms with E-state index in [2.05, 4.69) is 20.3 Å². The Morgan fingerprint density at radius 3 is 2.57 bits per heavy atom. The Morgan fingerprint density at radius 1 is 1.08 bits per heavy atom. The maximum atomic E-state index is 13.3. The fourth-order valence-corrected chi connectivity index (χ4v) is 4.57. The Morgan fingerprint density at radius 2 is 1.84 bits per heavy atom. The molecular formula is C25H24F3N7O2. The standard InChI is InChI=1S/C25H24F3N7O2/c1-13(15-6-5-7-16(10-15)25(26,27)28)30-20-18-11-17(19-12-33(3)24(37)34(4)23(19)36)21-29-8-9-35(21)22(18)32-14(2)31-20/h5-7,10-13,29H,8-9H2,1-4H3. The molecule has 1 N–H and O–H groups in total. The third-order valence-electron chi connectivity index (χ3n) is 6.46. The number of hydrogen-bond donors (Lipinski definition) is 1. The van der Waals surface area contributed by atoms with E-state index < -0.39 is 29.0 Å². The van der Waals surface area contributed by atoms with Crippen LogP contribution >= 0.6 is 0 Å². The molecule has 9 nitrogen and oxygen atoms in total. The minimum atomic E-state index is -4.46. The van der Waals surface area contributed by atoms with Gasteiger partial charge in [-0.1, -0.05) is 12.1 Å². The molecule has 5 rings (SSSR count). The van der Waals surface area contributed by atoms with Crippen molar-refractivity contribution >= 4 is 5.82 Å². The number of aryl methyl sites for hydroxylation is 2. The molecule has 0 saturated heterocycles. The summed E-state index contributed by atoms with van der Waals surface area (Å²) in [5.41, 5.74) is 0.447. The van der Waals surface area contributed by atoms with Crippen LogP contribution in [0.3, 0.4) is 0 Å². The van der Waals surface area contributed by atoms with Crippen molar-refractivity contribution in [2.45, 2.75) is 32.6 Å². The highest BCUT2D eigenvalue weighted by molar-refractivity contribution is 5.81. The number of nitrogens with one attached hydrogen (secondary N) is 1. The van der Waals surface area contributed by atoms with Crippen LogP contribution in [0.15, 0.2) is 51.1 Å². The monoisotopic (exact) mass is 511 g/mol. The normalized spacial score (nSPS) is 14.6. The smallest absolute Gasteiger partial charge is 0.369 e. The van der Waals surface area contributed by atoms with E-state index in [-0.39, 0.29) is 0 Å². The maximum absolute atomic E-state index is 13.3. The number of alkyl halides is 3. The average molecular weight is 512 g/mol. The Bertz CT molecular complexity index is 1700. The van der Waals surface area contributed by atoms with Crippen molar-refractivity contribution in [2.75, 3.05) is 11.9 Å². The van der Waals surface area contributed by atoms with Gasteiger partial charge in [0.05, 0.1) is 22.7 Å². The lowest BCUT2D eigenvalue weighted by molar-refractivity contribution is -0.137. The number of halogens is 3. The number of pyridine rings is 1. The zero-order valence-corrected chi connectivity index (χ0v) is 20.6. The lowest BCUT2D eigenvalue weighted by Crippen LogP contribution is -2.37. The SMILES string of the molecule is Cc1nc2n3c(c(-c4cn(C)c(=O)n(C)c4=O)cc-2c(=NC(C)c2cccc(C(F)(F)F)c2)n1)NCC3. The van der Waals surface area contributed by atoms with Crippen LogP contribution in [0.25, 0.3) is 22.5 Å². The van der Waals surface area contributed by atoms with Crippen LogP contribution in [0, 0.1) is 6.92 Å². The summed E-state index contributed by atoms with van der Waals surface area (Å²) >= 11 is 0. The number of aromatic nitrogens is 5. The molecule has 0 fully saturated rings. The molecule has 0 bridgehead atoms. The fraction of sp³-hybridized carbons (Fsp3) is 0.320. The molecule has 1 aromatic carbocycles. The molecule has 0 aliphatic carbocycles. The van der Waals surface area contributed by atoms with Gasteiger partial charge in [-0.2, -0.15) is 13.2 Å². The highest BCUT2D eigenvalue weighted by Crippen LogP contribution is 2.35. The summed E-state index contributed by atoms with van der Waals surface area (Å²) in [6.45, 7) is 4.60. The Hall–Kier alpha value is -4.22. The van der Waals surface area contributed by atoms with Gasteiger partial charge in [0.2, 0.25) is 0 Å². The second-order valence-electron chi connectivity index (χ2n) is 9.05. The van der Waals surface area contributed by atoms with E-state index in [9.17, 15) is 22.8 Å². The first-order valence-corrected chi connectivity index (χ1v) is 11.6. The van der Waals surface area contributed by atoms with Gasteiger partial charge in [-0.3, -0.25) is 14.4 Å². The second-order valence-corrected chi connectivity index (χ2v) is 9.05. The Labute approximate surface area is 208 Å². The summed E-state index contributed by atoms with van der Waals surface area (Å²) in [5.74, 6) is 1.72. The minimum absolute atomic E-state index is 0.303. The number of anilines is 1. The van der Waals surface area contributed by atoms with Gasteiger partial charge in [0, 0.05) is 38.9 Å². The van der Waals surface area contributed by atoms with Crippen LogP contribution in [0.1, 0.15) is 29.9 Å². The summed E-state index contributed by atoms with van der Waals surface area (Å²) < 4.78 is 44.1. The molecular weight excluding hydrogens is 487 g/mol. The van der Waals surface area contributed by atoms with E-state index in [1.807, 2.05) is 4.57 Å². The van der Waals surface area contributed by atoms with E-state index >= 15 is 0 Å². The molecule has 1 unspecified atom stereocenters. The maximum Gasteiger partial charge on any atom is 0.416 e. The molecule has 1 aromatic heterocycles. The van der Waals surface area contributed by atoms with Gasteiger partial charge in [-0.25, -0.2) is 14.8 Å². The molecule has 3 aliphatic heterocycles. The molecule has 192 valence electrons. The highest BCUT2D eigenvalue weighted by atomic mass is 19.4. The van der Waals surface area contributed by atoms with E-state index in [0.717, 1.165) is 16.7 Å². The van der Waals surface area contributed by atoms with Crippen molar-refractivity contribution in [1.29, 1.82) is 0 Å². The third-order valence-corrected chi connectivity index (χ3v) is 6.46. The van der Waals surface area contributed by atoms with Gasteiger partial charge >= 0.3 is 11.9 Å². The molecule has 0 amide bonds. The zero-order chi connectivity index (χ0) is 26.6. The summed E-state index contributed by atoms with van der Waals surface area (Å²) in [6, 6.07) is 6.17. The molecule has 12 heteroatoms. The van der Waals surface area contributed by atoms with Gasteiger partial charge in [0.1, 0.15) is 17.5 Å². The fourth-order valence-electron chi connectivity index (χ4n) is 4.57. The largest absolute Gasteiger partial charge is 0.416 e. The Balaban J connectivity index is 1.76. The van der Waals surface area contributed by atoms with Crippen molar-refractivity contribution in [2.24, 2.45) is 19.1 Å². The van der Waals surface area contributed by atoms with Gasteiger partial charge in [-0.15, -0.1) is 0 Å². The van der Waals surface area contributed by atoms with Crippen molar-refractivity contribution in [3.05, 3.63) is 79.8 Å². The number of benzene rings is 1. The summed E-state index contributed by atoms with van der Waals surface area (Å²) in [6.07, 6.45) is -2.97. The number of fused-ring (bicyclic) bond motifs is 3. The molecule has 1 atom stereocenters. The van der Waals surface area contributed by atoms with Gasteiger partial charge in [-0.05, 0) is 37.6 Å². The molecule has 0 radical (unpaired) electrons. The van der Waals surface area contributed by atoms with Crippen LogP contribution in [-0.2, 0) is 26.8 Å². The molecule has 0 saturated carbocycles. The lowest BCUT2D eigenvalue weighted by Gasteiger charge is -2.18. The van der Waals surface area contributed by atoms with Crippen LogP contribution in [0.4, 0.5) is 19.0 Å². The van der Waals surface area contributed by atoms with Crippen molar-refractivity contribution in [1.82, 2.24) is 23.7 Å². The minimum Gasteiger partial charge on any atom is -0.369 e. The van der Waals surface area contributed by atoms with Crippen LogP contribution in [-0.4, -0.2) is 30.2 Å². The number of nitrogens with zero attached hydrogens (tertiary/aromatic N) is 6. The van der Waals surface area contributed by atoms with E-state index in [1.165, 1.54) is 23.9 Å². The summed E-state index contributed by atoms with van der Waals surface area (Å²) in [5, 5.41) is 3.30.